The molecule has 1 amide bonds. The van der Waals surface area contributed by atoms with Gasteiger partial charge in [0.2, 0.25) is 5.91 Å². The zero-order valence-electron chi connectivity index (χ0n) is 16.0. The average molecular weight is 465 g/mol. The van der Waals surface area contributed by atoms with Crippen LogP contribution >= 0.6 is 23.1 Å². The van der Waals surface area contributed by atoms with Crippen LogP contribution < -0.4 is 9.62 Å². The fourth-order valence-electron chi connectivity index (χ4n) is 2.65. The quantitative estimate of drug-likeness (QED) is 0.458. The van der Waals surface area contributed by atoms with E-state index in [1.807, 2.05) is 30.3 Å². The maximum atomic E-state index is 13.3. The smallest absolute Gasteiger partial charge is 0.274 e. The molecule has 0 bridgehead atoms. The zero-order valence-corrected chi connectivity index (χ0v) is 18.5. The number of carbonyl (C=O) groups is 1. The fraction of sp³-hybridized carbons (Fsp3) is 0.190. The molecule has 9 heteroatoms. The topological polar surface area (TPSA) is 66.5 Å². The van der Waals surface area contributed by atoms with Crippen LogP contribution in [-0.4, -0.2) is 33.2 Å². The Labute approximate surface area is 184 Å². The summed E-state index contributed by atoms with van der Waals surface area (Å²) in [5, 5.41) is 4.41. The molecule has 0 aliphatic carbocycles. The molecule has 30 heavy (non-hydrogen) atoms. The Morgan fingerprint density at radius 2 is 1.77 bits per heavy atom. The molecule has 158 valence electrons. The molecule has 0 aliphatic rings. The lowest BCUT2D eigenvalue weighted by Gasteiger charge is -2.23. The molecule has 0 saturated carbocycles. The number of carbonyl (C=O) groups excluding carboxylic acids is 1. The van der Waals surface area contributed by atoms with E-state index in [0.717, 1.165) is 21.4 Å². The molecule has 0 atom stereocenters. The van der Waals surface area contributed by atoms with E-state index in [-0.39, 0.29) is 16.4 Å². The number of nitrogens with one attached hydrogen (secondary N) is 1. The van der Waals surface area contributed by atoms with Gasteiger partial charge in [-0.05, 0) is 41.3 Å². The third-order valence-electron chi connectivity index (χ3n) is 4.12. The molecule has 0 spiro atoms. The molecule has 0 saturated heterocycles. The van der Waals surface area contributed by atoms with Crippen molar-refractivity contribution in [1.82, 2.24) is 5.32 Å². The fourth-order valence-corrected chi connectivity index (χ4v) is 6.00. The van der Waals surface area contributed by atoms with Crippen molar-refractivity contribution < 1.29 is 17.6 Å². The van der Waals surface area contributed by atoms with Crippen LogP contribution in [0, 0.1) is 5.82 Å². The van der Waals surface area contributed by atoms with Crippen LogP contribution in [0.1, 0.15) is 5.56 Å². The van der Waals surface area contributed by atoms with E-state index in [0.29, 0.717) is 12.3 Å². The highest BCUT2D eigenvalue weighted by atomic mass is 32.2. The number of amides is 1. The molecule has 5 nitrogen and oxygen atoms in total. The normalized spacial score (nSPS) is 11.2. The van der Waals surface area contributed by atoms with Crippen molar-refractivity contribution >= 4 is 44.7 Å². The van der Waals surface area contributed by atoms with Crippen LogP contribution in [0.4, 0.5) is 10.1 Å². The Hall–Kier alpha value is -2.36. The summed E-state index contributed by atoms with van der Waals surface area (Å²) in [6, 6.07) is 18.2. The van der Waals surface area contributed by atoms with E-state index in [1.54, 1.807) is 23.2 Å². The summed E-state index contributed by atoms with van der Waals surface area (Å²) in [5.74, 6) is 0.645. The number of thiophene rings is 1. The maximum absolute atomic E-state index is 13.3. The minimum absolute atomic E-state index is 0.123. The molecule has 0 fully saturated rings. The zero-order chi connectivity index (χ0) is 21.4. The van der Waals surface area contributed by atoms with Crippen molar-refractivity contribution in [2.45, 2.75) is 9.96 Å². The van der Waals surface area contributed by atoms with Crippen LogP contribution in [0.3, 0.4) is 0 Å². The SMILES string of the molecule is O=C(CN(c1ccc(F)cc1)S(=O)(=O)c1cccs1)NCCSCc1ccccc1. The summed E-state index contributed by atoms with van der Waals surface area (Å²) in [4.78, 5) is 12.4. The third kappa shape index (κ3) is 6.07. The molecule has 0 radical (unpaired) electrons. The van der Waals surface area contributed by atoms with Gasteiger partial charge in [-0.1, -0.05) is 36.4 Å². The minimum atomic E-state index is -3.93. The van der Waals surface area contributed by atoms with Crippen LogP contribution in [0.5, 0.6) is 0 Å². The average Bonchev–Trinajstić information content (AvgIpc) is 3.29. The maximum Gasteiger partial charge on any atom is 0.274 e. The third-order valence-corrected chi connectivity index (χ3v) is 8.30. The number of halogens is 1. The summed E-state index contributed by atoms with van der Waals surface area (Å²) < 4.78 is 40.4. The van der Waals surface area contributed by atoms with E-state index in [4.69, 9.17) is 0 Å². The Morgan fingerprint density at radius 3 is 2.43 bits per heavy atom. The summed E-state index contributed by atoms with van der Waals surface area (Å²) >= 11 is 2.75. The highest BCUT2D eigenvalue weighted by Gasteiger charge is 2.28. The van der Waals surface area contributed by atoms with Gasteiger partial charge in [0.1, 0.15) is 16.6 Å². The van der Waals surface area contributed by atoms with Gasteiger partial charge < -0.3 is 5.32 Å². The summed E-state index contributed by atoms with van der Waals surface area (Å²) in [6.07, 6.45) is 0. The van der Waals surface area contributed by atoms with Gasteiger partial charge in [-0.25, -0.2) is 12.8 Å². The predicted octanol–water partition coefficient (Wildman–Crippen LogP) is 4.13. The molecule has 1 heterocycles. The van der Waals surface area contributed by atoms with Crippen molar-refractivity contribution in [1.29, 1.82) is 0 Å². The van der Waals surface area contributed by atoms with E-state index in [9.17, 15) is 17.6 Å². The number of nitrogens with zero attached hydrogens (tertiary/aromatic N) is 1. The lowest BCUT2D eigenvalue weighted by molar-refractivity contribution is -0.119. The molecule has 0 unspecified atom stereocenters. The Kier molecular flexibility index (Phi) is 7.89. The number of hydrogen-bond acceptors (Lipinski definition) is 5. The van der Waals surface area contributed by atoms with Gasteiger partial charge in [0.05, 0.1) is 5.69 Å². The van der Waals surface area contributed by atoms with Gasteiger partial charge >= 0.3 is 0 Å². The van der Waals surface area contributed by atoms with Gasteiger partial charge in [0.15, 0.2) is 0 Å². The number of hydrogen-bond donors (Lipinski definition) is 1. The number of anilines is 1. The molecular weight excluding hydrogens is 443 g/mol. The standard InChI is InChI=1S/C21H21FN2O3S3/c22-18-8-10-19(11-9-18)24(30(26,27)21-7-4-13-29-21)15-20(25)23-12-14-28-16-17-5-2-1-3-6-17/h1-11,13H,12,14-16H2,(H,23,25). The number of thioether (sulfide) groups is 1. The second-order valence-electron chi connectivity index (χ2n) is 6.31. The van der Waals surface area contributed by atoms with Gasteiger partial charge in [-0.3, -0.25) is 9.10 Å². The second kappa shape index (κ2) is 10.6. The first-order chi connectivity index (χ1) is 14.5. The van der Waals surface area contributed by atoms with Gasteiger partial charge in [-0.2, -0.15) is 11.8 Å². The van der Waals surface area contributed by atoms with Crippen LogP contribution in [0.2, 0.25) is 0 Å². The van der Waals surface area contributed by atoms with Crippen molar-refractivity contribution in [2.24, 2.45) is 0 Å². The highest BCUT2D eigenvalue weighted by Crippen LogP contribution is 2.26. The summed E-state index contributed by atoms with van der Waals surface area (Å²) in [7, 11) is -3.93. The van der Waals surface area contributed by atoms with E-state index in [2.05, 4.69) is 5.32 Å². The van der Waals surface area contributed by atoms with E-state index >= 15 is 0 Å². The molecular formula is C21H21FN2O3S3. The first-order valence-electron chi connectivity index (χ1n) is 9.17. The second-order valence-corrected chi connectivity index (χ2v) is 10.5. The lowest BCUT2D eigenvalue weighted by Crippen LogP contribution is -2.41. The van der Waals surface area contributed by atoms with Gasteiger partial charge in [0, 0.05) is 18.1 Å². The summed E-state index contributed by atoms with van der Waals surface area (Å²) in [6.45, 7) is 0.0435. The Morgan fingerprint density at radius 1 is 1.03 bits per heavy atom. The van der Waals surface area contributed by atoms with Crippen molar-refractivity contribution in [3.63, 3.8) is 0 Å². The number of benzene rings is 2. The summed E-state index contributed by atoms with van der Waals surface area (Å²) in [5.41, 5.74) is 1.44. The molecule has 1 aromatic heterocycles. The molecule has 1 N–H and O–H groups in total. The number of rotatable bonds is 10. The van der Waals surface area contributed by atoms with E-state index < -0.39 is 21.7 Å². The molecule has 0 aliphatic heterocycles. The Balaban J connectivity index is 1.60. The molecule has 3 rings (SSSR count). The minimum Gasteiger partial charge on any atom is -0.354 e. The first-order valence-corrected chi connectivity index (χ1v) is 12.6. The van der Waals surface area contributed by atoms with Gasteiger partial charge in [0.25, 0.3) is 10.0 Å². The first kappa shape index (κ1) is 22.3. The highest BCUT2D eigenvalue weighted by molar-refractivity contribution is 7.98. The monoisotopic (exact) mass is 464 g/mol. The van der Waals surface area contributed by atoms with Crippen molar-refractivity contribution in [3.8, 4) is 0 Å². The van der Waals surface area contributed by atoms with Crippen LogP contribution in [0.15, 0.2) is 76.3 Å². The van der Waals surface area contributed by atoms with Crippen LogP contribution in [-0.2, 0) is 20.6 Å². The van der Waals surface area contributed by atoms with E-state index in [1.165, 1.54) is 35.9 Å². The van der Waals surface area contributed by atoms with Gasteiger partial charge in [-0.15, -0.1) is 11.3 Å². The van der Waals surface area contributed by atoms with Crippen molar-refractivity contribution in [3.05, 3.63) is 83.5 Å². The largest absolute Gasteiger partial charge is 0.354 e. The van der Waals surface area contributed by atoms with Crippen molar-refractivity contribution in [2.75, 3.05) is 23.1 Å². The lowest BCUT2D eigenvalue weighted by atomic mass is 10.2. The number of sulfonamides is 1. The Bertz CT molecular complexity index is 1040. The predicted molar refractivity (Wildman–Crippen MR) is 121 cm³/mol. The van der Waals surface area contributed by atoms with Crippen LogP contribution in [0.25, 0.3) is 0 Å². The molecule has 2 aromatic carbocycles. The molecule has 3 aromatic rings.